The van der Waals surface area contributed by atoms with Crippen LogP contribution >= 0.6 is 0 Å². The van der Waals surface area contributed by atoms with Crippen molar-refractivity contribution in [3.05, 3.63) is 77.7 Å². The maximum atomic E-state index is 12.5. The highest BCUT2D eigenvalue weighted by molar-refractivity contribution is 6.07. The maximum Gasteiger partial charge on any atom is 0.293 e. The first kappa shape index (κ1) is 16.9. The summed E-state index contributed by atoms with van der Waals surface area (Å²) >= 11 is 0. The molecule has 1 aliphatic rings. The van der Waals surface area contributed by atoms with E-state index in [0.717, 1.165) is 17.7 Å². The molecular formula is C21H18N2O4. The molecule has 0 unspecified atom stereocenters. The zero-order valence-electron chi connectivity index (χ0n) is 14.8. The second kappa shape index (κ2) is 6.99. The maximum absolute atomic E-state index is 12.5. The van der Waals surface area contributed by atoms with Gasteiger partial charge in [-0.1, -0.05) is 0 Å². The summed E-state index contributed by atoms with van der Waals surface area (Å²) in [7, 11) is 1.58. The van der Waals surface area contributed by atoms with Gasteiger partial charge in [0, 0.05) is 23.5 Å². The number of nitrogens with one attached hydrogen (secondary N) is 1. The lowest BCUT2D eigenvalue weighted by atomic mass is 10.1. The van der Waals surface area contributed by atoms with Crippen LogP contribution in [0.5, 0.6) is 5.75 Å². The summed E-state index contributed by atoms with van der Waals surface area (Å²) in [4.78, 5) is 26.6. The number of rotatable bonds is 4. The summed E-state index contributed by atoms with van der Waals surface area (Å²) in [5.74, 6) is 0.665. The lowest BCUT2D eigenvalue weighted by molar-refractivity contribution is 0.0962. The van der Waals surface area contributed by atoms with Gasteiger partial charge in [-0.2, -0.15) is 0 Å². The van der Waals surface area contributed by atoms with Gasteiger partial charge in [0.05, 0.1) is 13.4 Å². The van der Waals surface area contributed by atoms with Crippen LogP contribution in [0.1, 0.15) is 26.5 Å². The van der Waals surface area contributed by atoms with Crippen LogP contribution in [-0.2, 0) is 6.42 Å². The molecule has 0 aliphatic carbocycles. The number of carbonyl (C=O) groups is 2. The average molecular weight is 362 g/mol. The van der Waals surface area contributed by atoms with E-state index >= 15 is 0 Å². The molecule has 136 valence electrons. The number of furan rings is 1. The van der Waals surface area contributed by atoms with E-state index in [1.54, 1.807) is 54.5 Å². The Morgan fingerprint density at radius 1 is 1.11 bits per heavy atom. The predicted octanol–water partition coefficient (Wildman–Crippen LogP) is 3.74. The van der Waals surface area contributed by atoms with Crippen LogP contribution < -0.4 is 15.0 Å². The molecule has 3 aromatic rings. The Bertz CT molecular complexity index is 978. The number of methoxy groups -OCH3 is 1. The first-order valence-electron chi connectivity index (χ1n) is 8.59. The van der Waals surface area contributed by atoms with Gasteiger partial charge in [-0.3, -0.25) is 9.59 Å². The van der Waals surface area contributed by atoms with Crippen LogP contribution in [0.15, 0.2) is 65.3 Å². The highest BCUT2D eigenvalue weighted by atomic mass is 16.5. The van der Waals surface area contributed by atoms with Gasteiger partial charge in [-0.15, -0.1) is 0 Å². The second-order valence-electron chi connectivity index (χ2n) is 6.21. The van der Waals surface area contributed by atoms with Crippen molar-refractivity contribution in [3.63, 3.8) is 0 Å². The van der Waals surface area contributed by atoms with Crippen molar-refractivity contribution in [2.75, 3.05) is 23.9 Å². The lowest BCUT2D eigenvalue weighted by Gasteiger charge is -2.16. The first-order chi connectivity index (χ1) is 13.2. The molecular weight excluding hydrogens is 344 g/mol. The van der Waals surface area contributed by atoms with Gasteiger partial charge < -0.3 is 19.4 Å². The van der Waals surface area contributed by atoms with Gasteiger partial charge in [0.1, 0.15) is 5.75 Å². The summed E-state index contributed by atoms with van der Waals surface area (Å²) in [6.45, 7) is 0.588. The predicted molar refractivity (Wildman–Crippen MR) is 101 cm³/mol. The molecule has 4 rings (SSSR count). The standard InChI is InChI=1S/C21H18N2O4/c1-26-17-7-4-14(5-8-17)20(24)22-16-6-9-18-15(13-16)10-11-23(18)21(25)19-3-2-12-27-19/h2-9,12-13H,10-11H2,1H3,(H,22,24). The number of hydrogen-bond acceptors (Lipinski definition) is 4. The minimum absolute atomic E-state index is 0.159. The number of benzene rings is 2. The van der Waals surface area contributed by atoms with E-state index in [2.05, 4.69) is 5.32 Å². The van der Waals surface area contributed by atoms with E-state index in [1.165, 1.54) is 6.26 Å². The number of nitrogens with zero attached hydrogens (tertiary/aromatic N) is 1. The number of ether oxygens (including phenoxy) is 1. The lowest BCUT2D eigenvalue weighted by Crippen LogP contribution is -2.28. The van der Waals surface area contributed by atoms with Gasteiger partial charge in [-0.25, -0.2) is 0 Å². The Balaban J connectivity index is 1.50. The third-order valence-electron chi connectivity index (χ3n) is 4.56. The highest BCUT2D eigenvalue weighted by Crippen LogP contribution is 2.32. The number of fused-ring (bicyclic) bond motifs is 1. The van der Waals surface area contributed by atoms with E-state index in [4.69, 9.17) is 9.15 Å². The van der Waals surface area contributed by atoms with Crippen LogP contribution in [0.3, 0.4) is 0 Å². The summed E-state index contributed by atoms with van der Waals surface area (Å²) in [6.07, 6.45) is 2.22. The van der Waals surface area contributed by atoms with Crippen molar-refractivity contribution in [2.24, 2.45) is 0 Å². The molecule has 1 N–H and O–H groups in total. The van der Waals surface area contributed by atoms with Crippen molar-refractivity contribution >= 4 is 23.2 Å². The van der Waals surface area contributed by atoms with Gasteiger partial charge in [0.15, 0.2) is 5.76 Å². The fourth-order valence-electron chi connectivity index (χ4n) is 3.17. The smallest absolute Gasteiger partial charge is 0.293 e. The zero-order chi connectivity index (χ0) is 18.8. The number of hydrogen-bond donors (Lipinski definition) is 1. The molecule has 6 nitrogen and oxygen atoms in total. The monoisotopic (exact) mass is 362 g/mol. The molecule has 1 aromatic heterocycles. The van der Waals surface area contributed by atoms with Gasteiger partial charge in [0.2, 0.25) is 0 Å². The molecule has 0 radical (unpaired) electrons. The Hall–Kier alpha value is -3.54. The molecule has 0 bridgehead atoms. The van der Waals surface area contributed by atoms with Crippen molar-refractivity contribution in [1.82, 2.24) is 0 Å². The van der Waals surface area contributed by atoms with E-state index in [0.29, 0.717) is 29.3 Å². The molecule has 6 heteroatoms. The van der Waals surface area contributed by atoms with Crippen LogP contribution in [0, 0.1) is 0 Å². The molecule has 0 fully saturated rings. The van der Waals surface area contributed by atoms with Crippen LogP contribution in [0.25, 0.3) is 0 Å². The average Bonchev–Trinajstić information content (AvgIpc) is 3.37. The number of anilines is 2. The van der Waals surface area contributed by atoms with Gasteiger partial charge >= 0.3 is 0 Å². The normalized spacial score (nSPS) is 12.6. The molecule has 0 saturated carbocycles. The Labute approximate surface area is 156 Å². The SMILES string of the molecule is COc1ccc(C(=O)Nc2ccc3c(c2)CCN3C(=O)c2ccco2)cc1. The Morgan fingerprint density at radius 2 is 1.93 bits per heavy atom. The third-order valence-corrected chi connectivity index (χ3v) is 4.56. The summed E-state index contributed by atoms with van der Waals surface area (Å²) in [6, 6.07) is 15.8. The van der Waals surface area contributed by atoms with Crippen molar-refractivity contribution in [1.29, 1.82) is 0 Å². The minimum atomic E-state index is -0.195. The largest absolute Gasteiger partial charge is 0.497 e. The van der Waals surface area contributed by atoms with E-state index < -0.39 is 0 Å². The molecule has 2 aromatic carbocycles. The van der Waals surface area contributed by atoms with Crippen LogP contribution in [-0.4, -0.2) is 25.5 Å². The van der Waals surface area contributed by atoms with Crippen LogP contribution in [0.4, 0.5) is 11.4 Å². The molecule has 0 saturated heterocycles. The van der Waals surface area contributed by atoms with Crippen molar-refractivity contribution in [2.45, 2.75) is 6.42 Å². The zero-order valence-corrected chi connectivity index (χ0v) is 14.8. The molecule has 27 heavy (non-hydrogen) atoms. The van der Waals surface area contributed by atoms with Crippen molar-refractivity contribution in [3.8, 4) is 5.75 Å². The van der Waals surface area contributed by atoms with E-state index in [1.807, 2.05) is 12.1 Å². The number of amides is 2. The molecule has 0 spiro atoms. The Morgan fingerprint density at radius 3 is 2.63 bits per heavy atom. The molecule has 1 aliphatic heterocycles. The fourth-order valence-corrected chi connectivity index (χ4v) is 3.17. The van der Waals surface area contributed by atoms with Crippen LogP contribution in [0.2, 0.25) is 0 Å². The summed E-state index contributed by atoms with van der Waals surface area (Å²) in [5.41, 5.74) is 3.11. The highest BCUT2D eigenvalue weighted by Gasteiger charge is 2.27. The Kier molecular flexibility index (Phi) is 4.38. The fraction of sp³-hybridized carbons (Fsp3) is 0.143. The van der Waals surface area contributed by atoms with Gasteiger partial charge in [-0.05, 0) is 66.6 Å². The molecule has 0 atom stereocenters. The second-order valence-corrected chi connectivity index (χ2v) is 6.21. The topological polar surface area (TPSA) is 71.8 Å². The summed E-state index contributed by atoms with van der Waals surface area (Å²) in [5, 5.41) is 2.90. The number of carbonyl (C=O) groups excluding carboxylic acids is 2. The molecule has 2 heterocycles. The van der Waals surface area contributed by atoms with Crippen molar-refractivity contribution < 1.29 is 18.7 Å². The van der Waals surface area contributed by atoms with E-state index in [-0.39, 0.29) is 11.8 Å². The third kappa shape index (κ3) is 3.29. The first-order valence-corrected chi connectivity index (χ1v) is 8.59. The molecule has 2 amide bonds. The quantitative estimate of drug-likeness (QED) is 0.767. The minimum Gasteiger partial charge on any atom is -0.497 e. The van der Waals surface area contributed by atoms with E-state index in [9.17, 15) is 9.59 Å². The summed E-state index contributed by atoms with van der Waals surface area (Å²) < 4.78 is 10.3. The van der Waals surface area contributed by atoms with Gasteiger partial charge in [0.25, 0.3) is 11.8 Å².